The van der Waals surface area contributed by atoms with E-state index in [1.54, 1.807) is 0 Å². The third-order valence-electron chi connectivity index (χ3n) is 11.6. The molecule has 0 bridgehead atoms. The molecule has 1 aliphatic carbocycles. The normalized spacial score (nSPS) is 15.9. The summed E-state index contributed by atoms with van der Waals surface area (Å²) in [5.41, 5.74) is 9.13. The number of hydrogen-bond donors (Lipinski definition) is 0. The molecular weight excluding hydrogens is 621 g/mol. The Balaban J connectivity index is 1.50. The second-order valence-electron chi connectivity index (χ2n) is 15.0. The molecule has 8 rings (SSSR count). The number of nitrogens with zero attached hydrogens (tertiary/aromatic N) is 4. The molecular formula is C47H42N4. The zero-order valence-electron chi connectivity index (χ0n) is 32.0. The minimum Gasteiger partial charge on any atom is -0.228 e. The highest BCUT2D eigenvalue weighted by molar-refractivity contribution is 5.84. The summed E-state index contributed by atoms with van der Waals surface area (Å²) in [7, 11) is 0. The lowest BCUT2D eigenvalue weighted by atomic mass is 9.59. The molecule has 2 heterocycles. The first-order valence-corrected chi connectivity index (χ1v) is 17.6. The second kappa shape index (κ2) is 12.2. The van der Waals surface area contributed by atoms with Crippen LogP contribution in [0.2, 0.25) is 0 Å². The molecule has 0 saturated heterocycles. The Hall–Kier alpha value is -5.74. The third kappa shape index (κ3) is 5.47. The number of benzene rings is 5. The zero-order valence-corrected chi connectivity index (χ0v) is 30.0. The van der Waals surface area contributed by atoms with Gasteiger partial charge in [-0.2, -0.15) is 0 Å². The van der Waals surface area contributed by atoms with E-state index in [1.165, 1.54) is 11.1 Å². The molecule has 0 aliphatic heterocycles. The van der Waals surface area contributed by atoms with E-state index in [0.717, 1.165) is 33.4 Å². The van der Waals surface area contributed by atoms with Crippen LogP contribution in [0.1, 0.15) is 55.4 Å². The summed E-state index contributed by atoms with van der Waals surface area (Å²) in [4.78, 5) is 20.9. The van der Waals surface area contributed by atoms with Gasteiger partial charge in [0.2, 0.25) is 0 Å². The fraction of sp³-hybridized carbons (Fsp3) is 0.191. The van der Waals surface area contributed by atoms with Gasteiger partial charge in [-0.25, -0.2) is 19.9 Å². The standard InChI is InChI=1S/C47H42N4/c1-45(2)37-27-35(43-48-39(31-19-11-7-12-20-31)29-40(49-43)32-21-13-8-14-22-32)36(28-38(37)46(3,4)47(45,5)6)44-50-41(33-23-15-9-16-24-33)30-42(51-44)34-25-17-10-18-26-34/h7-30H,1-6H3/i29D,30D. The topological polar surface area (TPSA) is 51.6 Å². The highest BCUT2D eigenvalue weighted by Gasteiger charge is 2.57. The molecule has 0 unspecified atom stereocenters. The molecule has 5 aromatic carbocycles. The van der Waals surface area contributed by atoms with Gasteiger partial charge in [0.15, 0.2) is 11.6 Å². The molecule has 0 N–H and O–H groups in total. The second-order valence-corrected chi connectivity index (χ2v) is 15.0. The fourth-order valence-electron chi connectivity index (χ4n) is 7.44. The van der Waals surface area contributed by atoms with Gasteiger partial charge >= 0.3 is 0 Å². The van der Waals surface area contributed by atoms with Crippen molar-refractivity contribution in [3.63, 3.8) is 0 Å². The highest BCUT2D eigenvalue weighted by Crippen LogP contribution is 2.62. The van der Waals surface area contributed by atoms with Crippen LogP contribution in [0.15, 0.2) is 146 Å². The SMILES string of the molecule is [2H]c1c(-c2ccccc2)nc(-c2cc3c(cc2-c2nc(-c4ccccc4)c([2H])c(-c4ccccc4)n2)C(C)(C)C(C)(C)C3(C)C)nc1-c1ccccc1. The van der Waals surface area contributed by atoms with E-state index in [4.69, 9.17) is 19.9 Å². The largest absolute Gasteiger partial charge is 0.228 e. The maximum atomic E-state index is 9.39. The maximum absolute atomic E-state index is 9.39. The van der Waals surface area contributed by atoms with Gasteiger partial charge in [0, 0.05) is 33.4 Å². The van der Waals surface area contributed by atoms with Crippen molar-refractivity contribution in [2.75, 3.05) is 0 Å². The van der Waals surface area contributed by atoms with E-state index in [2.05, 4.69) is 53.7 Å². The Morgan fingerprint density at radius 1 is 0.392 bits per heavy atom. The lowest BCUT2D eigenvalue weighted by molar-refractivity contribution is 0.125. The first-order valence-electron chi connectivity index (χ1n) is 18.6. The number of aromatic nitrogens is 4. The molecule has 250 valence electrons. The van der Waals surface area contributed by atoms with Gasteiger partial charge in [-0.3, -0.25) is 0 Å². The van der Waals surface area contributed by atoms with Crippen LogP contribution in [0.5, 0.6) is 0 Å². The van der Waals surface area contributed by atoms with Crippen LogP contribution in [0.4, 0.5) is 0 Å². The van der Waals surface area contributed by atoms with Gasteiger partial charge in [-0.05, 0) is 51.6 Å². The average Bonchev–Trinajstić information content (AvgIpc) is 3.28. The Bertz CT molecular complexity index is 2180. The molecule has 4 nitrogen and oxygen atoms in total. The summed E-state index contributed by atoms with van der Waals surface area (Å²) in [5, 5.41) is 0. The van der Waals surface area contributed by atoms with E-state index in [0.29, 0.717) is 34.4 Å². The Kier molecular flexibility index (Phi) is 7.23. The van der Waals surface area contributed by atoms with Crippen LogP contribution in [-0.2, 0) is 10.8 Å². The van der Waals surface area contributed by atoms with Crippen LogP contribution in [0.25, 0.3) is 67.8 Å². The summed E-state index contributed by atoms with van der Waals surface area (Å²) in [6.45, 7) is 14.0. The molecule has 0 atom stereocenters. The summed E-state index contributed by atoms with van der Waals surface area (Å²) in [6.07, 6.45) is 0. The van der Waals surface area contributed by atoms with Gasteiger partial charge in [0.25, 0.3) is 0 Å². The van der Waals surface area contributed by atoms with Crippen molar-refractivity contribution in [1.29, 1.82) is 0 Å². The van der Waals surface area contributed by atoms with Crippen LogP contribution < -0.4 is 0 Å². The molecule has 7 aromatic rings. The molecule has 0 spiro atoms. The smallest absolute Gasteiger partial charge is 0.161 e. The van der Waals surface area contributed by atoms with Crippen molar-refractivity contribution in [2.24, 2.45) is 5.41 Å². The summed E-state index contributed by atoms with van der Waals surface area (Å²) >= 11 is 0. The highest BCUT2D eigenvalue weighted by atomic mass is 14.9. The van der Waals surface area contributed by atoms with Crippen molar-refractivity contribution in [2.45, 2.75) is 52.4 Å². The molecule has 4 heteroatoms. The number of rotatable bonds is 6. The predicted molar refractivity (Wildman–Crippen MR) is 210 cm³/mol. The Morgan fingerprint density at radius 3 is 0.902 bits per heavy atom. The summed E-state index contributed by atoms with van der Waals surface area (Å²) in [6, 6.07) is 44.6. The van der Waals surface area contributed by atoms with Gasteiger partial charge in [0.05, 0.1) is 25.5 Å². The van der Waals surface area contributed by atoms with Crippen LogP contribution in [0.3, 0.4) is 0 Å². The molecule has 0 fully saturated rings. The van der Waals surface area contributed by atoms with Crippen molar-refractivity contribution in [1.82, 2.24) is 19.9 Å². The average molecular weight is 665 g/mol. The van der Waals surface area contributed by atoms with Crippen molar-refractivity contribution < 1.29 is 2.74 Å². The van der Waals surface area contributed by atoms with Gasteiger partial charge in [0.1, 0.15) is 0 Å². The minimum atomic E-state index is -0.199. The molecule has 51 heavy (non-hydrogen) atoms. The first kappa shape index (κ1) is 30.1. The van der Waals surface area contributed by atoms with E-state index in [1.807, 2.05) is 121 Å². The fourth-order valence-corrected chi connectivity index (χ4v) is 7.44. The Labute approximate surface area is 304 Å². The van der Waals surface area contributed by atoms with Gasteiger partial charge in [-0.15, -0.1) is 0 Å². The number of fused-ring (bicyclic) bond motifs is 1. The van der Waals surface area contributed by atoms with E-state index in [9.17, 15) is 2.74 Å². The van der Waals surface area contributed by atoms with E-state index >= 15 is 0 Å². The lowest BCUT2D eigenvalue weighted by Crippen LogP contribution is -2.42. The molecule has 0 saturated carbocycles. The van der Waals surface area contributed by atoms with Gasteiger partial charge in [-0.1, -0.05) is 163 Å². The maximum Gasteiger partial charge on any atom is 0.161 e. The zero-order chi connectivity index (χ0) is 37.1. The summed E-state index contributed by atoms with van der Waals surface area (Å²) < 4.78 is 18.8. The minimum absolute atomic E-state index is 0.106. The van der Waals surface area contributed by atoms with Crippen LogP contribution in [-0.4, -0.2) is 19.9 Å². The van der Waals surface area contributed by atoms with Crippen LogP contribution >= 0.6 is 0 Å². The molecule has 0 radical (unpaired) electrons. The molecule has 0 amide bonds. The molecule has 2 aromatic heterocycles. The van der Waals surface area contributed by atoms with Crippen LogP contribution in [0, 0.1) is 5.41 Å². The number of hydrogen-bond acceptors (Lipinski definition) is 4. The third-order valence-corrected chi connectivity index (χ3v) is 11.6. The van der Waals surface area contributed by atoms with Crippen molar-refractivity contribution in [3.8, 4) is 67.8 Å². The van der Waals surface area contributed by atoms with Crippen molar-refractivity contribution in [3.05, 3.63) is 157 Å². The summed E-state index contributed by atoms with van der Waals surface area (Å²) in [5.74, 6) is 0.992. The first-order chi connectivity index (χ1) is 25.4. The predicted octanol–water partition coefficient (Wildman–Crippen LogP) is 11.9. The van der Waals surface area contributed by atoms with E-state index in [-0.39, 0.29) is 28.3 Å². The Morgan fingerprint density at radius 2 is 0.647 bits per heavy atom. The van der Waals surface area contributed by atoms with Gasteiger partial charge < -0.3 is 0 Å². The monoisotopic (exact) mass is 664 g/mol. The lowest BCUT2D eigenvalue weighted by Gasteiger charge is -2.44. The van der Waals surface area contributed by atoms with Crippen molar-refractivity contribution >= 4 is 0 Å². The molecule has 1 aliphatic rings. The van der Waals surface area contributed by atoms with E-state index < -0.39 is 0 Å². The quantitative estimate of drug-likeness (QED) is 0.177.